The first kappa shape index (κ1) is 11.5. The summed E-state index contributed by atoms with van der Waals surface area (Å²) in [6, 6.07) is -0.214. The molecule has 2 heterocycles. The summed E-state index contributed by atoms with van der Waals surface area (Å²) in [5.41, 5.74) is 0.871. The molecule has 0 N–H and O–H groups in total. The molecule has 0 saturated carbocycles. The van der Waals surface area contributed by atoms with E-state index in [1.165, 1.54) is 0 Å². The van der Waals surface area contributed by atoms with Crippen LogP contribution in [-0.2, 0) is 9.59 Å². The zero-order valence-corrected chi connectivity index (χ0v) is 10.1. The third-order valence-electron chi connectivity index (χ3n) is 3.13. The largest absolute Gasteiger partial charge is 0.329 e. The predicted octanol–water partition coefficient (Wildman–Crippen LogP) is 0.306. The van der Waals surface area contributed by atoms with Crippen LogP contribution in [0, 0.1) is 0 Å². The molecule has 88 valence electrons. The molecule has 1 atom stereocenters. The first-order chi connectivity index (χ1) is 7.63. The Morgan fingerprint density at radius 3 is 2.94 bits per heavy atom. The fourth-order valence-corrected chi connectivity index (χ4v) is 2.42. The maximum Gasteiger partial charge on any atom is 0.246 e. The SMILES string of the molecule is C=C(CS)CN1CC(=O)N2CCCC2C1=O. The molecule has 0 aromatic carbocycles. The van der Waals surface area contributed by atoms with Crippen molar-refractivity contribution in [3.05, 3.63) is 12.2 Å². The third kappa shape index (κ3) is 1.96. The van der Waals surface area contributed by atoms with Gasteiger partial charge in [0.1, 0.15) is 12.6 Å². The highest BCUT2D eigenvalue weighted by molar-refractivity contribution is 7.80. The first-order valence-corrected chi connectivity index (χ1v) is 6.12. The van der Waals surface area contributed by atoms with Crippen molar-refractivity contribution in [1.82, 2.24) is 9.80 Å². The van der Waals surface area contributed by atoms with Crippen molar-refractivity contribution in [2.75, 3.05) is 25.4 Å². The van der Waals surface area contributed by atoms with Crippen LogP contribution in [0.5, 0.6) is 0 Å². The summed E-state index contributed by atoms with van der Waals surface area (Å²) in [5, 5.41) is 0. The lowest BCUT2D eigenvalue weighted by atomic mass is 10.1. The van der Waals surface area contributed by atoms with Gasteiger partial charge in [-0.3, -0.25) is 9.59 Å². The van der Waals surface area contributed by atoms with E-state index in [9.17, 15) is 9.59 Å². The van der Waals surface area contributed by atoms with Gasteiger partial charge in [0.25, 0.3) is 0 Å². The quantitative estimate of drug-likeness (QED) is 0.569. The summed E-state index contributed by atoms with van der Waals surface area (Å²) < 4.78 is 0. The van der Waals surface area contributed by atoms with Crippen LogP contribution in [0.4, 0.5) is 0 Å². The highest BCUT2D eigenvalue weighted by Crippen LogP contribution is 2.23. The lowest BCUT2D eigenvalue weighted by molar-refractivity contribution is -0.153. The molecule has 1 unspecified atom stereocenters. The Labute approximate surface area is 101 Å². The molecule has 2 rings (SSSR count). The number of hydrogen-bond acceptors (Lipinski definition) is 3. The number of hydrogen-bond donors (Lipinski definition) is 1. The normalized spacial score (nSPS) is 24.9. The molecule has 0 radical (unpaired) electrons. The smallest absolute Gasteiger partial charge is 0.246 e. The molecule has 0 spiro atoms. The van der Waals surface area contributed by atoms with E-state index in [4.69, 9.17) is 0 Å². The molecule has 2 amide bonds. The zero-order valence-electron chi connectivity index (χ0n) is 9.19. The van der Waals surface area contributed by atoms with Crippen LogP contribution in [0.15, 0.2) is 12.2 Å². The minimum absolute atomic E-state index is 0.0639. The maximum atomic E-state index is 12.1. The fourth-order valence-electron chi connectivity index (χ4n) is 2.32. The van der Waals surface area contributed by atoms with Crippen LogP contribution in [0.1, 0.15) is 12.8 Å². The fraction of sp³-hybridized carbons (Fsp3) is 0.636. The summed E-state index contributed by atoms with van der Waals surface area (Å²) in [6.45, 7) is 5.20. The van der Waals surface area contributed by atoms with Gasteiger partial charge in [0.15, 0.2) is 0 Å². The van der Waals surface area contributed by atoms with Crippen molar-refractivity contribution >= 4 is 24.4 Å². The molecular formula is C11H16N2O2S. The van der Waals surface area contributed by atoms with Gasteiger partial charge in [0.2, 0.25) is 11.8 Å². The molecule has 4 nitrogen and oxygen atoms in total. The monoisotopic (exact) mass is 240 g/mol. The van der Waals surface area contributed by atoms with Crippen LogP contribution < -0.4 is 0 Å². The van der Waals surface area contributed by atoms with Crippen LogP contribution >= 0.6 is 12.6 Å². The Kier molecular flexibility index (Phi) is 3.23. The number of carbonyl (C=O) groups is 2. The van der Waals surface area contributed by atoms with Gasteiger partial charge >= 0.3 is 0 Å². The van der Waals surface area contributed by atoms with E-state index in [0.29, 0.717) is 12.3 Å². The molecule has 0 aromatic heterocycles. The van der Waals surface area contributed by atoms with Crippen molar-refractivity contribution in [1.29, 1.82) is 0 Å². The third-order valence-corrected chi connectivity index (χ3v) is 3.58. The molecule has 2 aliphatic rings. The van der Waals surface area contributed by atoms with Crippen LogP contribution in [0.25, 0.3) is 0 Å². The Morgan fingerprint density at radius 2 is 2.25 bits per heavy atom. The van der Waals surface area contributed by atoms with E-state index < -0.39 is 0 Å². The Balaban J connectivity index is 2.08. The number of amides is 2. The van der Waals surface area contributed by atoms with Gasteiger partial charge < -0.3 is 9.80 Å². The summed E-state index contributed by atoms with van der Waals surface area (Å²) in [5.74, 6) is 0.681. The van der Waals surface area contributed by atoms with Crippen molar-refractivity contribution in [2.45, 2.75) is 18.9 Å². The number of carbonyl (C=O) groups excluding carboxylic acids is 2. The van der Waals surface area contributed by atoms with Crippen LogP contribution in [0.3, 0.4) is 0 Å². The summed E-state index contributed by atoms with van der Waals surface area (Å²) in [4.78, 5) is 27.2. The predicted molar refractivity (Wildman–Crippen MR) is 64.3 cm³/mol. The minimum atomic E-state index is -0.214. The molecule has 5 heteroatoms. The van der Waals surface area contributed by atoms with E-state index >= 15 is 0 Å². The lowest BCUT2D eigenvalue weighted by Gasteiger charge is -2.36. The summed E-state index contributed by atoms with van der Waals surface area (Å²) in [7, 11) is 0. The standard InChI is InChI=1S/C11H16N2O2S/c1-8(7-16)5-12-6-10(14)13-4-2-3-9(13)11(12)15/h9,16H,1-7H2. The van der Waals surface area contributed by atoms with E-state index in [1.807, 2.05) is 0 Å². The molecule has 0 aliphatic carbocycles. The topological polar surface area (TPSA) is 40.6 Å². The average molecular weight is 240 g/mol. The number of piperazine rings is 1. The van der Waals surface area contributed by atoms with Crippen LogP contribution in [0.2, 0.25) is 0 Å². The zero-order chi connectivity index (χ0) is 11.7. The number of fused-ring (bicyclic) bond motifs is 1. The first-order valence-electron chi connectivity index (χ1n) is 5.49. The molecule has 2 saturated heterocycles. The van der Waals surface area contributed by atoms with Gasteiger partial charge in [-0.15, -0.1) is 0 Å². The van der Waals surface area contributed by atoms with E-state index in [-0.39, 0.29) is 24.4 Å². The second kappa shape index (κ2) is 4.49. The van der Waals surface area contributed by atoms with Gasteiger partial charge in [0.05, 0.1) is 0 Å². The average Bonchev–Trinajstić information content (AvgIpc) is 2.74. The van der Waals surface area contributed by atoms with Gasteiger partial charge in [-0.2, -0.15) is 12.6 Å². The molecule has 2 fully saturated rings. The molecule has 16 heavy (non-hydrogen) atoms. The molecule has 0 bridgehead atoms. The van der Waals surface area contributed by atoms with Crippen molar-refractivity contribution in [2.24, 2.45) is 0 Å². The molecular weight excluding hydrogens is 224 g/mol. The second-order valence-electron chi connectivity index (χ2n) is 4.35. The summed E-state index contributed by atoms with van der Waals surface area (Å²) in [6.07, 6.45) is 1.73. The highest BCUT2D eigenvalue weighted by Gasteiger charge is 2.41. The Bertz CT molecular complexity index is 343. The minimum Gasteiger partial charge on any atom is -0.329 e. The van der Waals surface area contributed by atoms with Crippen molar-refractivity contribution in [3.63, 3.8) is 0 Å². The van der Waals surface area contributed by atoms with Crippen LogP contribution in [-0.4, -0.2) is 53.0 Å². The molecule has 2 aliphatic heterocycles. The van der Waals surface area contributed by atoms with Gasteiger partial charge in [0, 0.05) is 18.8 Å². The van der Waals surface area contributed by atoms with Crippen molar-refractivity contribution < 1.29 is 9.59 Å². The van der Waals surface area contributed by atoms with Crippen molar-refractivity contribution in [3.8, 4) is 0 Å². The van der Waals surface area contributed by atoms with Gasteiger partial charge in [-0.25, -0.2) is 0 Å². The number of thiol groups is 1. The summed E-state index contributed by atoms with van der Waals surface area (Å²) >= 11 is 4.11. The molecule has 0 aromatic rings. The Hall–Kier alpha value is -0.970. The lowest BCUT2D eigenvalue weighted by Crippen LogP contribution is -2.57. The second-order valence-corrected chi connectivity index (χ2v) is 4.66. The van der Waals surface area contributed by atoms with Gasteiger partial charge in [-0.05, 0) is 18.4 Å². The maximum absolute atomic E-state index is 12.1. The van der Waals surface area contributed by atoms with E-state index in [2.05, 4.69) is 19.2 Å². The van der Waals surface area contributed by atoms with Gasteiger partial charge in [-0.1, -0.05) is 6.58 Å². The number of rotatable bonds is 3. The van der Waals surface area contributed by atoms with E-state index in [0.717, 1.165) is 25.0 Å². The Morgan fingerprint density at radius 1 is 1.50 bits per heavy atom. The highest BCUT2D eigenvalue weighted by atomic mass is 32.1. The van der Waals surface area contributed by atoms with E-state index in [1.54, 1.807) is 9.80 Å². The number of nitrogens with zero attached hydrogens (tertiary/aromatic N) is 2.